The molecule has 142 valence electrons. The van der Waals surface area contributed by atoms with E-state index in [1.54, 1.807) is 18.5 Å². The fraction of sp³-hybridized carbons (Fsp3) is 0.471. The topological polar surface area (TPSA) is 98.1 Å². The number of para-hydroxylation sites is 1. The van der Waals surface area contributed by atoms with E-state index in [0.29, 0.717) is 23.5 Å². The van der Waals surface area contributed by atoms with Crippen molar-refractivity contribution in [2.75, 3.05) is 16.2 Å². The third-order valence-corrected chi connectivity index (χ3v) is 8.15. The molecule has 1 aliphatic heterocycles. The van der Waals surface area contributed by atoms with Crippen LogP contribution in [0.3, 0.4) is 0 Å². The second-order valence-corrected chi connectivity index (χ2v) is 10.7. The fourth-order valence-electron chi connectivity index (χ4n) is 3.52. The summed E-state index contributed by atoms with van der Waals surface area (Å²) in [6, 6.07) is 5.24. The molecule has 1 unspecified atom stereocenters. The van der Waals surface area contributed by atoms with Crippen LogP contribution >= 0.6 is 0 Å². The first-order chi connectivity index (χ1) is 12.0. The molecule has 2 heterocycles. The summed E-state index contributed by atoms with van der Waals surface area (Å²) in [5, 5.41) is 4.34. The standard InChI is InChI=1S/C17H23N3O4S2/c1-11-6-5-7-12(2)16(11)19-26(23,24)17-13(3)18-20(14(17)4)15-8-9-25(21,22)10-15/h5-7,15,19H,8-10H2,1-4H3. The minimum atomic E-state index is -3.84. The van der Waals surface area contributed by atoms with E-state index >= 15 is 0 Å². The van der Waals surface area contributed by atoms with Crippen molar-refractivity contribution in [3.05, 3.63) is 40.7 Å². The molecule has 1 saturated heterocycles. The minimum absolute atomic E-state index is 0.00121. The Morgan fingerprint density at radius 1 is 1.15 bits per heavy atom. The third-order valence-electron chi connectivity index (χ3n) is 4.80. The molecule has 1 aliphatic rings. The Balaban J connectivity index is 2.01. The molecule has 1 fully saturated rings. The highest BCUT2D eigenvalue weighted by molar-refractivity contribution is 7.93. The Labute approximate surface area is 154 Å². The molecule has 0 radical (unpaired) electrons. The predicted octanol–water partition coefficient (Wildman–Crippen LogP) is 2.28. The van der Waals surface area contributed by atoms with Crippen molar-refractivity contribution in [3.8, 4) is 0 Å². The summed E-state index contributed by atoms with van der Waals surface area (Å²) in [5.74, 6) is 0.109. The van der Waals surface area contributed by atoms with E-state index in [4.69, 9.17) is 0 Å². The molecule has 0 bridgehead atoms. The van der Waals surface area contributed by atoms with Crippen molar-refractivity contribution < 1.29 is 16.8 Å². The van der Waals surface area contributed by atoms with E-state index in [1.165, 1.54) is 0 Å². The van der Waals surface area contributed by atoms with Gasteiger partial charge in [-0.2, -0.15) is 5.10 Å². The third kappa shape index (κ3) is 3.37. The average Bonchev–Trinajstić information content (AvgIpc) is 3.02. The van der Waals surface area contributed by atoms with Crippen molar-refractivity contribution in [3.63, 3.8) is 0 Å². The molecular weight excluding hydrogens is 374 g/mol. The number of nitrogens with zero attached hydrogens (tertiary/aromatic N) is 2. The summed E-state index contributed by atoms with van der Waals surface area (Å²) in [6.07, 6.45) is 0.452. The van der Waals surface area contributed by atoms with E-state index in [0.717, 1.165) is 11.1 Å². The molecule has 1 aromatic carbocycles. The molecule has 0 amide bonds. The smallest absolute Gasteiger partial charge is 0.265 e. The zero-order valence-corrected chi connectivity index (χ0v) is 16.9. The van der Waals surface area contributed by atoms with Crippen molar-refractivity contribution in [1.29, 1.82) is 0 Å². The van der Waals surface area contributed by atoms with E-state index in [2.05, 4.69) is 9.82 Å². The molecule has 0 aliphatic carbocycles. The monoisotopic (exact) mass is 397 g/mol. The largest absolute Gasteiger partial charge is 0.279 e. The lowest BCUT2D eigenvalue weighted by Crippen LogP contribution is -2.18. The van der Waals surface area contributed by atoms with Crippen LogP contribution in [0, 0.1) is 27.7 Å². The van der Waals surface area contributed by atoms with Crippen LogP contribution in [-0.2, 0) is 19.9 Å². The second-order valence-electron chi connectivity index (χ2n) is 6.87. The van der Waals surface area contributed by atoms with Gasteiger partial charge in [-0.15, -0.1) is 0 Å². The van der Waals surface area contributed by atoms with Crippen LogP contribution in [0.1, 0.15) is 35.0 Å². The van der Waals surface area contributed by atoms with Crippen molar-refractivity contribution in [2.24, 2.45) is 0 Å². The van der Waals surface area contributed by atoms with Crippen LogP contribution in [0.5, 0.6) is 0 Å². The minimum Gasteiger partial charge on any atom is -0.279 e. The number of nitrogens with one attached hydrogen (secondary N) is 1. The number of sulfone groups is 1. The number of aromatic nitrogens is 2. The number of hydrogen-bond acceptors (Lipinski definition) is 5. The lowest BCUT2D eigenvalue weighted by molar-refractivity contribution is 0.484. The normalized spacial score (nSPS) is 19.6. The van der Waals surface area contributed by atoms with Gasteiger partial charge in [-0.3, -0.25) is 9.40 Å². The molecular formula is C17H23N3O4S2. The first kappa shape index (κ1) is 18.9. The van der Waals surface area contributed by atoms with Crippen LogP contribution in [0.4, 0.5) is 5.69 Å². The summed E-state index contributed by atoms with van der Waals surface area (Å²) in [6.45, 7) is 6.99. The average molecular weight is 398 g/mol. The second kappa shape index (κ2) is 6.38. The Morgan fingerprint density at radius 3 is 2.31 bits per heavy atom. The molecule has 1 atom stereocenters. The van der Waals surface area contributed by atoms with Crippen molar-refractivity contribution >= 4 is 25.5 Å². The van der Waals surface area contributed by atoms with Gasteiger partial charge in [0.15, 0.2) is 9.84 Å². The van der Waals surface area contributed by atoms with Gasteiger partial charge >= 0.3 is 0 Å². The SMILES string of the molecule is Cc1cccc(C)c1NS(=O)(=O)c1c(C)nn(C2CCS(=O)(=O)C2)c1C. The van der Waals surface area contributed by atoms with Gasteiger partial charge in [0.25, 0.3) is 10.0 Å². The quantitative estimate of drug-likeness (QED) is 0.853. The fourth-order valence-corrected chi connectivity index (χ4v) is 6.82. The zero-order chi connectivity index (χ0) is 19.3. The molecule has 1 aromatic heterocycles. The van der Waals surface area contributed by atoms with Crippen LogP contribution in [-0.4, -0.2) is 38.1 Å². The van der Waals surface area contributed by atoms with E-state index in [-0.39, 0.29) is 22.4 Å². The van der Waals surface area contributed by atoms with E-state index < -0.39 is 19.9 Å². The maximum atomic E-state index is 13.0. The molecule has 26 heavy (non-hydrogen) atoms. The maximum Gasteiger partial charge on any atom is 0.265 e. The van der Waals surface area contributed by atoms with Crippen LogP contribution in [0.25, 0.3) is 0 Å². The Hall–Kier alpha value is -1.87. The number of rotatable bonds is 4. The summed E-state index contributed by atoms with van der Waals surface area (Å²) < 4.78 is 53.8. The number of aryl methyl sites for hydroxylation is 3. The van der Waals surface area contributed by atoms with Gasteiger partial charge in [0, 0.05) is 0 Å². The molecule has 0 spiro atoms. The van der Waals surface area contributed by atoms with Crippen LogP contribution in [0.15, 0.2) is 23.1 Å². The summed E-state index contributed by atoms with van der Waals surface area (Å²) in [5.41, 5.74) is 3.05. The van der Waals surface area contributed by atoms with Crippen molar-refractivity contribution in [1.82, 2.24) is 9.78 Å². The lowest BCUT2D eigenvalue weighted by Gasteiger charge is -2.14. The maximum absolute atomic E-state index is 13.0. The highest BCUT2D eigenvalue weighted by Crippen LogP contribution is 2.30. The van der Waals surface area contributed by atoms with E-state index in [9.17, 15) is 16.8 Å². The number of sulfonamides is 1. The summed E-state index contributed by atoms with van der Waals surface area (Å²) in [7, 11) is -6.93. The molecule has 7 nitrogen and oxygen atoms in total. The van der Waals surface area contributed by atoms with Crippen molar-refractivity contribution in [2.45, 2.75) is 45.1 Å². The van der Waals surface area contributed by atoms with Gasteiger partial charge in [0.1, 0.15) is 4.90 Å². The van der Waals surface area contributed by atoms with Crippen LogP contribution in [0.2, 0.25) is 0 Å². The summed E-state index contributed by atoms with van der Waals surface area (Å²) in [4.78, 5) is 0.115. The number of benzene rings is 1. The Bertz CT molecular complexity index is 1050. The lowest BCUT2D eigenvalue weighted by atomic mass is 10.1. The highest BCUT2D eigenvalue weighted by Gasteiger charge is 2.34. The number of hydrogen-bond donors (Lipinski definition) is 1. The molecule has 1 N–H and O–H groups in total. The molecule has 3 rings (SSSR count). The molecule has 2 aromatic rings. The highest BCUT2D eigenvalue weighted by atomic mass is 32.2. The number of anilines is 1. The Kier molecular flexibility index (Phi) is 4.64. The Morgan fingerprint density at radius 2 is 1.77 bits per heavy atom. The first-order valence-corrected chi connectivity index (χ1v) is 11.7. The van der Waals surface area contributed by atoms with Gasteiger partial charge < -0.3 is 0 Å². The molecule has 0 saturated carbocycles. The summed E-state index contributed by atoms with van der Waals surface area (Å²) >= 11 is 0. The van der Waals surface area contributed by atoms with Gasteiger partial charge in [0.05, 0.1) is 34.6 Å². The first-order valence-electron chi connectivity index (χ1n) is 8.37. The van der Waals surface area contributed by atoms with Gasteiger partial charge in [0.2, 0.25) is 0 Å². The van der Waals surface area contributed by atoms with Crippen LogP contribution < -0.4 is 4.72 Å². The molecule has 9 heteroatoms. The predicted molar refractivity (Wildman–Crippen MR) is 101 cm³/mol. The van der Waals surface area contributed by atoms with E-state index in [1.807, 2.05) is 32.0 Å². The van der Waals surface area contributed by atoms with Gasteiger partial charge in [-0.1, -0.05) is 18.2 Å². The van der Waals surface area contributed by atoms with Gasteiger partial charge in [-0.05, 0) is 45.2 Å². The zero-order valence-electron chi connectivity index (χ0n) is 15.3. The van der Waals surface area contributed by atoms with Gasteiger partial charge in [-0.25, -0.2) is 16.8 Å².